The second-order valence-corrected chi connectivity index (χ2v) is 4.19. The maximum Gasteiger partial charge on any atom is 0.115 e. The quantitative estimate of drug-likeness (QED) is 0.690. The fourth-order valence-corrected chi connectivity index (χ4v) is 1.94. The van der Waals surface area contributed by atoms with Crippen LogP contribution in [0.5, 0.6) is 5.75 Å². The lowest BCUT2D eigenvalue weighted by Gasteiger charge is -2.14. The average Bonchev–Trinajstić information content (AvgIpc) is 2.29. The maximum atomic E-state index is 9.27. The summed E-state index contributed by atoms with van der Waals surface area (Å²) in [6, 6.07) is 7.63. The molecule has 0 radical (unpaired) electrons. The van der Waals surface area contributed by atoms with Gasteiger partial charge >= 0.3 is 0 Å². The summed E-state index contributed by atoms with van der Waals surface area (Å²) in [5.74, 6) is 0.941. The van der Waals surface area contributed by atoms with Crippen molar-refractivity contribution in [2.24, 2.45) is 0 Å². The molecule has 1 nitrogen and oxygen atoms in total. The highest BCUT2D eigenvalue weighted by Crippen LogP contribution is 2.26. The van der Waals surface area contributed by atoms with Gasteiger partial charge in [0.25, 0.3) is 0 Å². The second-order valence-electron chi connectivity index (χ2n) is 4.19. The third kappa shape index (κ3) is 4.09. The lowest BCUT2D eigenvalue weighted by atomic mass is 9.91. The van der Waals surface area contributed by atoms with Crippen molar-refractivity contribution in [1.82, 2.24) is 0 Å². The van der Waals surface area contributed by atoms with Crippen molar-refractivity contribution in [3.8, 4) is 5.75 Å². The maximum absolute atomic E-state index is 9.27. The minimum atomic E-state index is 0.350. The summed E-state index contributed by atoms with van der Waals surface area (Å²) < 4.78 is 0. The largest absolute Gasteiger partial charge is 0.508 e. The summed E-state index contributed by atoms with van der Waals surface area (Å²) in [4.78, 5) is 0. The van der Waals surface area contributed by atoms with Crippen LogP contribution in [0, 0.1) is 0 Å². The Labute approximate surface area is 98.8 Å². The van der Waals surface area contributed by atoms with Crippen LogP contribution in [0.1, 0.15) is 51.0 Å². The van der Waals surface area contributed by atoms with Crippen molar-refractivity contribution < 1.29 is 5.11 Å². The number of phenolic OH excluding ortho intramolecular Hbond substituents is 1. The van der Waals surface area contributed by atoms with Crippen LogP contribution in [-0.2, 0) is 0 Å². The van der Waals surface area contributed by atoms with Gasteiger partial charge in [-0.2, -0.15) is 0 Å². The van der Waals surface area contributed by atoms with Crippen molar-refractivity contribution in [3.63, 3.8) is 0 Å². The minimum Gasteiger partial charge on any atom is -0.508 e. The monoisotopic (exact) mass is 218 g/mol. The summed E-state index contributed by atoms with van der Waals surface area (Å²) in [7, 11) is 0. The zero-order valence-electron chi connectivity index (χ0n) is 10.3. The standard InChI is InChI=1S/C15H22O/c1-3-5-6-8-13(7-4-2)14-9-11-15(16)12-10-14/h5-6,9-13,16H,3-4,7-8H2,1-2H3/b6-5-. The van der Waals surface area contributed by atoms with Gasteiger partial charge in [-0.3, -0.25) is 0 Å². The third-order valence-corrected chi connectivity index (χ3v) is 2.82. The summed E-state index contributed by atoms with van der Waals surface area (Å²) >= 11 is 0. The Morgan fingerprint density at radius 1 is 1.12 bits per heavy atom. The normalized spacial score (nSPS) is 13.1. The molecule has 1 aromatic rings. The van der Waals surface area contributed by atoms with Crippen LogP contribution in [0.4, 0.5) is 0 Å². The van der Waals surface area contributed by atoms with Gasteiger partial charge in [0.05, 0.1) is 0 Å². The summed E-state index contributed by atoms with van der Waals surface area (Å²) in [6.07, 6.45) is 9.11. The number of rotatable bonds is 6. The van der Waals surface area contributed by atoms with Gasteiger partial charge in [-0.25, -0.2) is 0 Å². The van der Waals surface area contributed by atoms with Crippen LogP contribution in [0.15, 0.2) is 36.4 Å². The Morgan fingerprint density at radius 3 is 2.38 bits per heavy atom. The fraction of sp³-hybridized carbons (Fsp3) is 0.467. The van der Waals surface area contributed by atoms with Gasteiger partial charge in [-0.15, -0.1) is 0 Å². The predicted molar refractivity (Wildman–Crippen MR) is 69.8 cm³/mol. The van der Waals surface area contributed by atoms with E-state index in [4.69, 9.17) is 0 Å². The van der Waals surface area contributed by atoms with Gasteiger partial charge in [0.15, 0.2) is 0 Å². The first-order valence-corrected chi connectivity index (χ1v) is 6.21. The molecule has 16 heavy (non-hydrogen) atoms. The molecule has 0 heterocycles. The van der Waals surface area contributed by atoms with Gasteiger partial charge < -0.3 is 5.11 Å². The number of benzene rings is 1. The SMILES string of the molecule is CC/C=C\CC(CCC)c1ccc(O)cc1. The van der Waals surface area contributed by atoms with E-state index >= 15 is 0 Å². The molecule has 1 aromatic carbocycles. The van der Waals surface area contributed by atoms with Crippen LogP contribution >= 0.6 is 0 Å². The second kappa shape index (κ2) is 7.10. The lowest BCUT2D eigenvalue weighted by Crippen LogP contribution is -1.96. The highest BCUT2D eigenvalue weighted by atomic mass is 16.3. The Morgan fingerprint density at radius 2 is 1.81 bits per heavy atom. The first-order valence-electron chi connectivity index (χ1n) is 6.21. The van der Waals surface area contributed by atoms with E-state index in [2.05, 4.69) is 26.0 Å². The first kappa shape index (κ1) is 12.8. The van der Waals surface area contributed by atoms with Gasteiger partial charge in [-0.1, -0.05) is 44.6 Å². The summed E-state index contributed by atoms with van der Waals surface area (Å²) in [5.41, 5.74) is 1.33. The number of allylic oxidation sites excluding steroid dienone is 2. The Balaban J connectivity index is 2.68. The fourth-order valence-electron chi connectivity index (χ4n) is 1.94. The van der Waals surface area contributed by atoms with Crippen LogP contribution < -0.4 is 0 Å². The molecule has 0 saturated heterocycles. The van der Waals surface area contributed by atoms with E-state index in [0.29, 0.717) is 11.7 Å². The highest BCUT2D eigenvalue weighted by molar-refractivity contribution is 5.28. The van der Waals surface area contributed by atoms with Crippen LogP contribution in [0.2, 0.25) is 0 Å². The van der Waals surface area contributed by atoms with Crippen LogP contribution in [-0.4, -0.2) is 5.11 Å². The van der Waals surface area contributed by atoms with E-state index < -0.39 is 0 Å². The molecule has 1 atom stereocenters. The van der Waals surface area contributed by atoms with E-state index in [1.807, 2.05) is 12.1 Å². The smallest absolute Gasteiger partial charge is 0.115 e. The van der Waals surface area contributed by atoms with Gasteiger partial charge in [0, 0.05) is 0 Å². The molecule has 0 spiro atoms. The highest BCUT2D eigenvalue weighted by Gasteiger charge is 2.08. The Hall–Kier alpha value is -1.24. The molecule has 1 unspecified atom stereocenters. The number of phenols is 1. The number of hydrogen-bond donors (Lipinski definition) is 1. The molecule has 1 heteroatoms. The van der Waals surface area contributed by atoms with E-state index in [1.165, 1.54) is 18.4 Å². The van der Waals surface area contributed by atoms with E-state index in [1.54, 1.807) is 12.1 Å². The molecule has 0 saturated carbocycles. The molecule has 0 aliphatic rings. The summed E-state index contributed by atoms with van der Waals surface area (Å²) in [6.45, 7) is 4.38. The summed E-state index contributed by atoms with van der Waals surface area (Å²) in [5, 5.41) is 9.27. The molecule has 1 N–H and O–H groups in total. The van der Waals surface area contributed by atoms with Gasteiger partial charge in [0.2, 0.25) is 0 Å². The molecule has 0 bridgehead atoms. The first-order chi connectivity index (χ1) is 7.77. The van der Waals surface area contributed by atoms with Gasteiger partial charge in [-0.05, 0) is 42.9 Å². The molecular formula is C15H22O. The molecule has 1 rings (SSSR count). The molecule has 0 aliphatic carbocycles. The van der Waals surface area contributed by atoms with Gasteiger partial charge in [0.1, 0.15) is 5.75 Å². The van der Waals surface area contributed by atoms with E-state index in [0.717, 1.165) is 12.8 Å². The van der Waals surface area contributed by atoms with Crippen LogP contribution in [0.3, 0.4) is 0 Å². The third-order valence-electron chi connectivity index (χ3n) is 2.82. The zero-order chi connectivity index (χ0) is 11.8. The van der Waals surface area contributed by atoms with Crippen molar-refractivity contribution in [2.75, 3.05) is 0 Å². The molecule has 88 valence electrons. The Kier molecular flexibility index (Phi) is 5.69. The number of hydrogen-bond acceptors (Lipinski definition) is 1. The van der Waals surface area contributed by atoms with Crippen molar-refractivity contribution in [2.45, 2.75) is 45.4 Å². The van der Waals surface area contributed by atoms with Crippen molar-refractivity contribution in [1.29, 1.82) is 0 Å². The van der Waals surface area contributed by atoms with E-state index in [-0.39, 0.29) is 0 Å². The molecular weight excluding hydrogens is 196 g/mol. The molecule has 0 fully saturated rings. The number of aromatic hydroxyl groups is 1. The average molecular weight is 218 g/mol. The Bertz CT molecular complexity index is 311. The van der Waals surface area contributed by atoms with Crippen LogP contribution in [0.25, 0.3) is 0 Å². The van der Waals surface area contributed by atoms with E-state index in [9.17, 15) is 5.11 Å². The molecule has 0 aliphatic heterocycles. The zero-order valence-corrected chi connectivity index (χ0v) is 10.3. The van der Waals surface area contributed by atoms with Crippen molar-refractivity contribution in [3.05, 3.63) is 42.0 Å². The lowest BCUT2D eigenvalue weighted by molar-refractivity contribution is 0.474. The topological polar surface area (TPSA) is 20.2 Å². The molecule has 0 aromatic heterocycles. The van der Waals surface area contributed by atoms with Crippen molar-refractivity contribution >= 4 is 0 Å². The minimum absolute atomic E-state index is 0.350. The predicted octanol–water partition coefficient (Wildman–Crippen LogP) is 4.63. The molecule has 0 amide bonds.